The Kier molecular flexibility index (Phi) is 7.39. The van der Waals surface area contributed by atoms with Gasteiger partial charge < -0.3 is 10.1 Å². The summed E-state index contributed by atoms with van der Waals surface area (Å²) in [4.78, 5) is 2.35. The van der Waals surface area contributed by atoms with Gasteiger partial charge in [0.1, 0.15) is 5.04 Å². The molecule has 0 aliphatic rings. The molecule has 0 radical (unpaired) electrons. The summed E-state index contributed by atoms with van der Waals surface area (Å²) in [7, 11) is 0. The number of oxime groups is 1. The molecule has 0 heterocycles. The van der Waals surface area contributed by atoms with Crippen LogP contribution >= 0.6 is 27.7 Å². The van der Waals surface area contributed by atoms with Gasteiger partial charge in [-0.3, -0.25) is 0 Å². The Labute approximate surface area is 121 Å². The van der Waals surface area contributed by atoms with Crippen molar-refractivity contribution >= 4 is 32.7 Å². The van der Waals surface area contributed by atoms with E-state index in [2.05, 4.69) is 39.8 Å². The molecular weight excluding hydrogens is 312 g/mol. The predicted molar refractivity (Wildman–Crippen MR) is 82.7 cm³/mol. The standard InChI is InChI=1S/C13H19BrN2OS/c1-3-16(4-2)9-10-18-13(15-17)11-7-5-6-8-12(11)14/h5-8,17H,3-4,9-10H2,1-2H3/b15-13+. The minimum atomic E-state index is 0.662. The molecule has 100 valence electrons. The van der Waals surface area contributed by atoms with E-state index in [1.807, 2.05) is 24.3 Å². The summed E-state index contributed by atoms with van der Waals surface area (Å²) in [5, 5.41) is 13.2. The molecule has 1 N–H and O–H groups in total. The first-order chi connectivity index (χ1) is 8.72. The molecule has 18 heavy (non-hydrogen) atoms. The molecule has 1 aromatic carbocycles. The monoisotopic (exact) mass is 330 g/mol. The zero-order valence-corrected chi connectivity index (χ0v) is 13.2. The van der Waals surface area contributed by atoms with Crippen molar-refractivity contribution in [2.24, 2.45) is 5.16 Å². The molecule has 0 bridgehead atoms. The number of thioether (sulfide) groups is 1. The number of rotatable bonds is 6. The summed E-state index contributed by atoms with van der Waals surface area (Å²) in [6, 6.07) is 7.79. The van der Waals surface area contributed by atoms with Crippen molar-refractivity contribution in [1.29, 1.82) is 0 Å². The van der Waals surface area contributed by atoms with Gasteiger partial charge in [-0.15, -0.1) is 11.8 Å². The average molecular weight is 331 g/mol. The fraction of sp³-hybridized carbons (Fsp3) is 0.462. The highest BCUT2D eigenvalue weighted by atomic mass is 79.9. The van der Waals surface area contributed by atoms with E-state index in [1.54, 1.807) is 11.8 Å². The SMILES string of the molecule is CCN(CC)CCS/C(=N/O)c1ccccc1Br. The van der Waals surface area contributed by atoms with E-state index in [4.69, 9.17) is 5.21 Å². The van der Waals surface area contributed by atoms with Crippen LogP contribution in [0.4, 0.5) is 0 Å². The molecule has 0 aromatic heterocycles. The highest BCUT2D eigenvalue weighted by Gasteiger charge is 2.09. The maximum atomic E-state index is 9.12. The summed E-state index contributed by atoms with van der Waals surface area (Å²) >= 11 is 5.05. The lowest BCUT2D eigenvalue weighted by Gasteiger charge is -2.17. The predicted octanol–water partition coefficient (Wildman–Crippen LogP) is 3.66. The van der Waals surface area contributed by atoms with Crippen LogP contribution in [0.5, 0.6) is 0 Å². The van der Waals surface area contributed by atoms with Crippen LogP contribution in [0.2, 0.25) is 0 Å². The number of nitrogens with zero attached hydrogens (tertiary/aromatic N) is 2. The molecular formula is C13H19BrN2OS. The van der Waals surface area contributed by atoms with E-state index >= 15 is 0 Å². The van der Waals surface area contributed by atoms with Crippen molar-refractivity contribution in [3.05, 3.63) is 34.3 Å². The van der Waals surface area contributed by atoms with Crippen molar-refractivity contribution in [2.45, 2.75) is 13.8 Å². The fourth-order valence-corrected chi connectivity index (χ4v) is 3.14. The van der Waals surface area contributed by atoms with Crippen molar-refractivity contribution in [3.63, 3.8) is 0 Å². The fourth-order valence-electron chi connectivity index (χ4n) is 1.61. The Hall–Kier alpha value is -0.520. The Balaban J connectivity index is 2.57. The Morgan fingerprint density at radius 3 is 2.56 bits per heavy atom. The zero-order valence-electron chi connectivity index (χ0n) is 10.8. The first-order valence-corrected chi connectivity index (χ1v) is 7.82. The van der Waals surface area contributed by atoms with E-state index in [9.17, 15) is 0 Å². The molecule has 1 aromatic rings. The molecule has 0 aliphatic heterocycles. The highest BCUT2D eigenvalue weighted by Crippen LogP contribution is 2.22. The largest absolute Gasteiger partial charge is 0.410 e. The van der Waals surface area contributed by atoms with Crippen LogP contribution in [0.3, 0.4) is 0 Å². The molecule has 0 aliphatic carbocycles. The van der Waals surface area contributed by atoms with Gasteiger partial charge in [-0.05, 0) is 19.2 Å². The normalized spacial score (nSPS) is 12.1. The number of benzene rings is 1. The Bertz CT molecular complexity index is 394. The Morgan fingerprint density at radius 1 is 1.33 bits per heavy atom. The number of hydrogen-bond acceptors (Lipinski definition) is 4. The Morgan fingerprint density at radius 2 is 2.00 bits per heavy atom. The lowest BCUT2D eigenvalue weighted by Crippen LogP contribution is -2.25. The molecule has 1 rings (SSSR count). The van der Waals surface area contributed by atoms with E-state index < -0.39 is 0 Å². The topological polar surface area (TPSA) is 35.8 Å². The third kappa shape index (κ3) is 4.63. The van der Waals surface area contributed by atoms with Crippen LogP contribution in [0.1, 0.15) is 19.4 Å². The van der Waals surface area contributed by atoms with Crippen molar-refractivity contribution in [1.82, 2.24) is 4.90 Å². The molecule has 0 saturated heterocycles. The lowest BCUT2D eigenvalue weighted by atomic mass is 10.2. The van der Waals surface area contributed by atoms with Crippen LogP contribution in [0.15, 0.2) is 33.9 Å². The lowest BCUT2D eigenvalue weighted by molar-refractivity contribution is 0.320. The minimum Gasteiger partial charge on any atom is -0.410 e. The first kappa shape index (κ1) is 15.5. The highest BCUT2D eigenvalue weighted by molar-refractivity contribution is 9.10. The summed E-state index contributed by atoms with van der Waals surface area (Å²) < 4.78 is 0.952. The second kappa shape index (κ2) is 8.56. The summed E-state index contributed by atoms with van der Waals surface area (Å²) in [6.07, 6.45) is 0. The van der Waals surface area contributed by atoms with E-state index in [0.29, 0.717) is 5.04 Å². The van der Waals surface area contributed by atoms with Gasteiger partial charge in [-0.2, -0.15) is 0 Å². The minimum absolute atomic E-state index is 0.662. The van der Waals surface area contributed by atoms with Crippen LogP contribution in [0.25, 0.3) is 0 Å². The molecule has 0 fully saturated rings. The molecule has 0 spiro atoms. The maximum absolute atomic E-state index is 9.12. The van der Waals surface area contributed by atoms with Gasteiger partial charge in [0.05, 0.1) is 0 Å². The molecule has 0 amide bonds. The number of hydrogen-bond donors (Lipinski definition) is 1. The average Bonchev–Trinajstić information content (AvgIpc) is 2.40. The smallest absolute Gasteiger partial charge is 0.144 e. The van der Waals surface area contributed by atoms with Crippen LogP contribution in [-0.2, 0) is 0 Å². The second-order valence-corrected chi connectivity index (χ2v) is 5.70. The van der Waals surface area contributed by atoms with Gasteiger partial charge in [0.25, 0.3) is 0 Å². The first-order valence-electron chi connectivity index (χ1n) is 6.05. The molecule has 0 atom stereocenters. The van der Waals surface area contributed by atoms with E-state index in [-0.39, 0.29) is 0 Å². The van der Waals surface area contributed by atoms with Crippen molar-refractivity contribution < 1.29 is 5.21 Å². The second-order valence-electron chi connectivity index (χ2n) is 3.76. The van der Waals surface area contributed by atoms with Crippen LogP contribution in [-0.4, -0.2) is 40.5 Å². The van der Waals surface area contributed by atoms with Crippen LogP contribution in [0, 0.1) is 0 Å². The van der Waals surface area contributed by atoms with Crippen molar-refractivity contribution in [2.75, 3.05) is 25.4 Å². The van der Waals surface area contributed by atoms with E-state index in [1.165, 1.54) is 0 Å². The maximum Gasteiger partial charge on any atom is 0.144 e. The summed E-state index contributed by atoms with van der Waals surface area (Å²) in [5.41, 5.74) is 0.935. The van der Waals surface area contributed by atoms with Gasteiger partial charge >= 0.3 is 0 Å². The number of halogens is 1. The third-order valence-electron chi connectivity index (χ3n) is 2.74. The van der Waals surface area contributed by atoms with Crippen molar-refractivity contribution in [3.8, 4) is 0 Å². The molecule has 0 saturated carbocycles. The van der Waals surface area contributed by atoms with Gasteiger partial charge in [0.2, 0.25) is 0 Å². The van der Waals surface area contributed by atoms with Crippen LogP contribution < -0.4 is 0 Å². The summed E-state index contributed by atoms with van der Waals surface area (Å²) in [5.74, 6) is 0.919. The quantitative estimate of drug-likeness (QED) is 0.374. The van der Waals surface area contributed by atoms with E-state index in [0.717, 1.165) is 35.4 Å². The van der Waals surface area contributed by atoms with Gasteiger partial charge in [0.15, 0.2) is 0 Å². The van der Waals surface area contributed by atoms with Gasteiger partial charge in [-0.25, -0.2) is 0 Å². The zero-order chi connectivity index (χ0) is 13.4. The van der Waals surface area contributed by atoms with Gasteiger partial charge in [0, 0.05) is 22.3 Å². The third-order valence-corrected chi connectivity index (χ3v) is 4.39. The molecule has 5 heteroatoms. The summed E-state index contributed by atoms with van der Waals surface area (Å²) in [6.45, 7) is 7.42. The molecule has 0 unspecified atom stereocenters. The van der Waals surface area contributed by atoms with Gasteiger partial charge in [-0.1, -0.05) is 53.1 Å². The molecule has 3 nitrogen and oxygen atoms in total.